The first-order valence-corrected chi connectivity index (χ1v) is 13.3. The second-order valence-electron chi connectivity index (χ2n) is 8.94. The molecule has 0 saturated carbocycles. The van der Waals surface area contributed by atoms with Crippen molar-refractivity contribution >= 4 is 0 Å². The van der Waals surface area contributed by atoms with Crippen LogP contribution in [0.15, 0.2) is 72.8 Å². The first-order valence-electron chi connectivity index (χ1n) is 13.3. The summed E-state index contributed by atoms with van der Waals surface area (Å²) in [4.78, 5) is 0. The van der Waals surface area contributed by atoms with Gasteiger partial charge in [0, 0.05) is 13.0 Å². The van der Waals surface area contributed by atoms with E-state index in [1.165, 1.54) is 16.7 Å². The average Bonchev–Trinajstić information content (AvgIpc) is 3.84. The molecule has 3 atom stereocenters. The lowest BCUT2D eigenvalue weighted by Gasteiger charge is -2.20. The Labute approximate surface area is 225 Å². The number of benzene rings is 3. The van der Waals surface area contributed by atoms with Crippen LogP contribution in [0.3, 0.4) is 0 Å². The molecule has 6 rings (SSSR count). The molecule has 3 unspecified atom stereocenters. The number of epoxide rings is 3. The van der Waals surface area contributed by atoms with Crippen LogP contribution >= 0.6 is 0 Å². The van der Waals surface area contributed by atoms with Crippen molar-refractivity contribution in [2.75, 3.05) is 46.8 Å². The van der Waals surface area contributed by atoms with Crippen LogP contribution in [-0.2, 0) is 14.2 Å². The van der Waals surface area contributed by atoms with Gasteiger partial charge in [0.25, 0.3) is 0 Å². The van der Waals surface area contributed by atoms with Gasteiger partial charge in [0.2, 0.25) is 0 Å². The third-order valence-electron chi connectivity index (χ3n) is 6.16. The predicted molar refractivity (Wildman–Crippen MR) is 145 cm³/mol. The highest BCUT2D eigenvalue weighted by Gasteiger charge is 2.25. The van der Waals surface area contributed by atoms with E-state index in [0.717, 1.165) is 44.2 Å². The van der Waals surface area contributed by atoms with Crippen molar-refractivity contribution < 1.29 is 33.5 Å². The molecule has 3 aliphatic rings. The lowest BCUT2D eigenvalue weighted by Crippen LogP contribution is -2.07. The maximum Gasteiger partial charge on any atom is 0.119 e. The predicted octanol–water partition coefficient (Wildman–Crippen LogP) is 4.83. The fourth-order valence-corrected chi connectivity index (χ4v) is 3.91. The van der Waals surface area contributed by atoms with E-state index in [-0.39, 0.29) is 24.2 Å². The Bertz CT molecular complexity index is 929. The van der Waals surface area contributed by atoms with Crippen LogP contribution in [-0.4, -0.2) is 70.2 Å². The Morgan fingerprint density at radius 2 is 0.789 bits per heavy atom. The first-order chi connectivity index (χ1) is 18.8. The van der Waals surface area contributed by atoms with Gasteiger partial charge in [-0.25, -0.2) is 0 Å². The van der Waals surface area contributed by atoms with Gasteiger partial charge in [0.05, 0.1) is 19.8 Å². The van der Waals surface area contributed by atoms with Gasteiger partial charge in [-0.2, -0.15) is 0 Å². The minimum absolute atomic E-state index is 0.0717. The highest BCUT2D eigenvalue weighted by Crippen LogP contribution is 2.35. The molecule has 0 aromatic heterocycles. The van der Waals surface area contributed by atoms with Gasteiger partial charge in [-0.3, -0.25) is 0 Å². The van der Waals surface area contributed by atoms with Crippen LogP contribution in [0.2, 0.25) is 0 Å². The summed E-state index contributed by atoms with van der Waals surface area (Å²) in [5.74, 6) is 2.64. The molecule has 0 spiro atoms. The molecule has 1 N–H and O–H groups in total. The molecule has 3 aromatic carbocycles. The van der Waals surface area contributed by atoms with Gasteiger partial charge in [-0.05, 0) is 53.1 Å². The third-order valence-corrected chi connectivity index (χ3v) is 6.16. The topological polar surface area (TPSA) is 85.5 Å². The van der Waals surface area contributed by atoms with E-state index in [9.17, 15) is 0 Å². The van der Waals surface area contributed by atoms with E-state index < -0.39 is 0 Å². The Kier molecular flexibility index (Phi) is 10.4. The largest absolute Gasteiger partial charge is 0.491 e. The highest BCUT2D eigenvalue weighted by atomic mass is 16.6. The van der Waals surface area contributed by atoms with E-state index in [1.807, 2.05) is 50.2 Å². The standard InChI is InChI=1S/C28H28O6.C2H6.CH4O/c1-7-22(29-13-25-16-32-25)8-2-19(1)28(20-3-9-23(10-4-20)30-14-26-17-33-26)21-5-11-24(12-6-21)31-15-27-18-34-27;2*1-2/h1-12,25-28H,13-18H2;1-2H3;2H,1H3. The molecule has 3 saturated heterocycles. The Balaban J connectivity index is 0.000000804. The SMILES string of the molecule is CC.CO.c1cc(C(c2ccc(OCC3CO3)cc2)c2ccc(OCC3CO3)cc2)ccc1OCC1CO1. The maximum atomic E-state index is 7.00. The number of ether oxygens (including phenoxy) is 6. The van der Waals surface area contributed by atoms with Gasteiger partial charge in [0.15, 0.2) is 0 Å². The Hall–Kier alpha value is -3.10. The molecule has 0 aliphatic carbocycles. The lowest BCUT2D eigenvalue weighted by molar-refractivity contribution is 0.263. The molecule has 204 valence electrons. The summed E-state index contributed by atoms with van der Waals surface area (Å²) in [5.41, 5.74) is 3.57. The van der Waals surface area contributed by atoms with Gasteiger partial charge in [0.1, 0.15) is 55.4 Å². The zero-order valence-corrected chi connectivity index (χ0v) is 22.4. The summed E-state index contributed by atoms with van der Waals surface area (Å²) in [6.07, 6.45) is 0.727. The van der Waals surface area contributed by atoms with E-state index in [4.69, 9.17) is 33.5 Å². The van der Waals surface area contributed by atoms with Gasteiger partial charge >= 0.3 is 0 Å². The average molecular weight is 523 g/mol. The van der Waals surface area contributed by atoms with Crippen LogP contribution in [0.1, 0.15) is 36.5 Å². The molecule has 0 radical (unpaired) electrons. The summed E-state index contributed by atoms with van der Waals surface area (Å²) >= 11 is 0. The molecule has 3 fully saturated rings. The molecule has 7 nitrogen and oxygen atoms in total. The molecular weight excluding hydrogens is 484 g/mol. The minimum atomic E-state index is 0.0717. The zero-order chi connectivity index (χ0) is 26.7. The summed E-state index contributed by atoms with van der Waals surface area (Å²) in [7, 11) is 1.00. The van der Waals surface area contributed by atoms with Crippen molar-refractivity contribution in [3.63, 3.8) is 0 Å². The van der Waals surface area contributed by atoms with E-state index in [2.05, 4.69) is 36.4 Å². The number of rotatable bonds is 12. The summed E-state index contributed by atoms with van der Waals surface area (Å²) in [6, 6.07) is 25.0. The smallest absolute Gasteiger partial charge is 0.119 e. The minimum Gasteiger partial charge on any atom is -0.491 e. The Morgan fingerprint density at radius 3 is 1.00 bits per heavy atom. The van der Waals surface area contributed by atoms with Crippen molar-refractivity contribution in [1.82, 2.24) is 0 Å². The molecule has 3 aliphatic heterocycles. The molecule has 3 aromatic rings. The van der Waals surface area contributed by atoms with E-state index >= 15 is 0 Å². The van der Waals surface area contributed by atoms with Crippen LogP contribution < -0.4 is 14.2 Å². The molecular formula is C31H38O7. The Morgan fingerprint density at radius 1 is 0.553 bits per heavy atom. The summed E-state index contributed by atoms with van der Waals surface area (Å²) in [6.45, 7) is 8.18. The fraction of sp³-hybridized carbons (Fsp3) is 0.419. The molecule has 3 heterocycles. The van der Waals surface area contributed by atoms with Crippen LogP contribution in [0.4, 0.5) is 0 Å². The number of aliphatic hydroxyl groups is 1. The van der Waals surface area contributed by atoms with Gasteiger partial charge < -0.3 is 33.5 Å². The molecule has 0 bridgehead atoms. The summed E-state index contributed by atoms with van der Waals surface area (Å²) < 4.78 is 33.2. The lowest BCUT2D eigenvalue weighted by atomic mass is 9.85. The number of hydrogen-bond acceptors (Lipinski definition) is 7. The van der Waals surface area contributed by atoms with Crippen molar-refractivity contribution in [2.45, 2.75) is 38.1 Å². The molecule has 0 amide bonds. The molecule has 38 heavy (non-hydrogen) atoms. The van der Waals surface area contributed by atoms with E-state index in [1.54, 1.807) is 0 Å². The molecule has 7 heteroatoms. The van der Waals surface area contributed by atoms with Crippen molar-refractivity contribution in [3.05, 3.63) is 89.5 Å². The zero-order valence-electron chi connectivity index (χ0n) is 22.4. The van der Waals surface area contributed by atoms with Gasteiger partial charge in [-0.15, -0.1) is 0 Å². The van der Waals surface area contributed by atoms with Crippen LogP contribution in [0.5, 0.6) is 17.2 Å². The second-order valence-corrected chi connectivity index (χ2v) is 8.94. The van der Waals surface area contributed by atoms with Crippen molar-refractivity contribution in [3.8, 4) is 17.2 Å². The number of aliphatic hydroxyl groups excluding tert-OH is 1. The monoisotopic (exact) mass is 522 g/mol. The quantitative estimate of drug-likeness (QED) is 0.269. The van der Waals surface area contributed by atoms with Crippen molar-refractivity contribution in [2.24, 2.45) is 0 Å². The normalized spacial score (nSPS) is 21.0. The fourth-order valence-electron chi connectivity index (χ4n) is 3.91. The maximum absolute atomic E-state index is 7.00. The first kappa shape index (κ1) is 27.9. The van der Waals surface area contributed by atoms with Crippen LogP contribution in [0.25, 0.3) is 0 Å². The highest BCUT2D eigenvalue weighted by molar-refractivity contribution is 5.46. The van der Waals surface area contributed by atoms with Crippen molar-refractivity contribution in [1.29, 1.82) is 0 Å². The summed E-state index contributed by atoms with van der Waals surface area (Å²) in [5, 5.41) is 7.00. The third kappa shape index (κ3) is 8.46. The second kappa shape index (κ2) is 14.2. The number of hydrogen-bond donors (Lipinski definition) is 1. The van der Waals surface area contributed by atoms with E-state index in [0.29, 0.717) is 19.8 Å². The van der Waals surface area contributed by atoms with Gasteiger partial charge in [-0.1, -0.05) is 50.2 Å². The van der Waals surface area contributed by atoms with Crippen LogP contribution in [0, 0.1) is 0 Å².